The van der Waals surface area contributed by atoms with E-state index in [0.717, 1.165) is 22.4 Å². The number of nitrogens with one attached hydrogen (secondary N) is 2. The van der Waals surface area contributed by atoms with Crippen LogP contribution in [-0.2, 0) is 22.4 Å². The Morgan fingerprint density at radius 1 is 0.979 bits per heavy atom. The van der Waals surface area contributed by atoms with Crippen LogP contribution in [0.15, 0.2) is 72.8 Å². The first kappa shape index (κ1) is 32.8. The largest absolute Gasteiger partial charge is 0.454 e. The molecule has 4 N–H and O–H groups in total. The maximum atomic E-state index is 13.9. The standard InChI is InChI=1S/C37H46N4O6/c1-37(2,3)39-36(45)30-22-41(29-14-9-15-32-34(29)47-23-46-32)17-16-40(30)21-27(42)19-26(18-24-10-5-4-6-11-24)35(44)38-33-28-13-8-7-12-25(28)20-31(33)43/h4-15,26-27,30-31,33,42-43H,16-23H2,1-3H3,(H,38,44)(H,39,45)/t26-,27+,30+,31-,33+/m1/s1. The first-order chi connectivity index (χ1) is 22.6. The average molecular weight is 643 g/mol. The van der Waals surface area contributed by atoms with Crippen molar-refractivity contribution < 1.29 is 29.3 Å². The Kier molecular flexibility index (Phi) is 9.72. The van der Waals surface area contributed by atoms with E-state index >= 15 is 0 Å². The molecular formula is C37H46N4O6. The van der Waals surface area contributed by atoms with Crippen LogP contribution in [0.5, 0.6) is 11.5 Å². The summed E-state index contributed by atoms with van der Waals surface area (Å²) < 4.78 is 11.4. The number of piperazine rings is 1. The van der Waals surface area contributed by atoms with Gasteiger partial charge in [0.2, 0.25) is 18.6 Å². The van der Waals surface area contributed by atoms with E-state index in [1.165, 1.54) is 0 Å². The zero-order valence-electron chi connectivity index (χ0n) is 27.4. The fraction of sp³-hybridized carbons (Fsp3) is 0.459. The van der Waals surface area contributed by atoms with Crippen LogP contribution >= 0.6 is 0 Å². The lowest BCUT2D eigenvalue weighted by molar-refractivity contribution is -0.130. The average Bonchev–Trinajstić information content (AvgIpc) is 3.64. The second-order valence-electron chi connectivity index (χ2n) is 13.9. The summed E-state index contributed by atoms with van der Waals surface area (Å²) in [5, 5.41) is 28.6. The van der Waals surface area contributed by atoms with Gasteiger partial charge in [0.1, 0.15) is 6.04 Å². The van der Waals surface area contributed by atoms with Gasteiger partial charge in [-0.25, -0.2) is 0 Å². The van der Waals surface area contributed by atoms with Gasteiger partial charge in [-0.2, -0.15) is 0 Å². The molecule has 3 aliphatic rings. The molecule has 3 aromatic rings. The molecule has 10 nitrogen and oxygen atoms in total. The molecule has 2 aliphatic heterocycles. The fourth-order valence-electron chi connectivity index (χ4n) is 7.00. The lowest BCUT2D eigenvalue weighted by Gasteiger charge is -2.43. The van der Waals surface area contributed by atoms with Crippen LogP contribution in [0.4, 0.5) is 5.69 Å². The number of aliphatic hydroxyl groups excluding tert-OH is 2. The van der Waals surface area contributed by atoms with Crippen molar-refractivity contribution in [1.82, 2.24) is 15.5 Å². The van der Waals surface area contributed by atoms with E-state index in [1.807, 2.05) is 98.5 Å². The molecule has 0 radical (unpaired) electrons. The number of rotatable bonds is 10. The zero-order valence-corrected chi connectivity index (χ0v) is 27.4. The highest BCUT2D eigenvalue weighted by atomic mass is 16.7. The Balaban J connectivity index is 1.18. The lowest BCUT2D eigenvalue weighted by atomic mass is 9.91. The van der Waals surface area contributed by atoms with E-state index in [0.29, 0.717) is 44.0 Å². The third kappa shape index (κ3) is 7.72. The minimum atomic E-state index is -0.871. The second kappa shape index (κ2) is 13.9. The number of fused-ring (bicyclic) bond motifs is 2. The van der Waals surface area contributed by atoms with Gasteiger partial charge < -0.3 is 35.2 Å². The topological polar surface area (TPSA) is 124 Å². The Hall–Kier alpha value is -4.12. The summed E-state index contributed by atoms with van der Waals surface area (Å²) in [7, 11) is 0. The van der Waals surface area contributed by atoms with Gasteiger partial charge in [0.15, 0.2) is 11.5 Å². The predicted octanol–water partition coefficient (Wildman–Crippen LogP) is 3.21. The van der Waals surface area contributed by atoms with Gasteiger partial charge in [0.05, 0.1) is 23.9 Å². The molecule has 0 bridgehead atoms. The molecule has 250 valence electrons. The predicted molar refractivity (Wildman–Crippen MR) is 179 cm³/mol. The Morgan fingerprint density at radius 3 is 2.53 bits per heavy atom. The van der Waals surface area contributed by atoms with E-state index < -0.39 is 35.7 Å². The first-order valence-corrected chi connectivity index (χ1v) is 16.5. The third-order valence-corrected chi connectivity index (χ3v) is 9.21. The molecule has 47 heavy (non-hydrogen) atoms. The van der Waals surface area contributed by atoms with Crippen LogP contribution in [0.2, 0.25) is 0 Å². The highest BCUT2D eigenvalue weighted by molar-refractivity contribution is 5.84. The van der Waals surface area contributed by atoms with Gasteiger partial charge in [-0.1, -0.05) is 60.7 Å². The molecule has 1 fully saturated rings. The molecule has 3 aromatic carbocycles. The van der Waals surface area contributed by atoms with Crippen LogP contribution in [-0.4, -0.2) is 83.7 Å². The van der Waals surface area contributed by atoms with Crippen LogP contribution in [0.1, 0.15) is 49.9 Å². The normalized spacial score (nSPS) is 22.0. The third-order valence-electron chi connectivity index (χ3n) is 9.21. The Morgan fingerprint density at radius 2 is 1.74 bits per heavy atom. The van der Waals surface area contributed by atoms with Crippen LogP contribution < -0.4 is 25.0 Å². The molecular weight excluding hydrogens is 596 g/mol. The number of hydrogen-bond acceptors (Lipinski definition) is 8. The molecule has 6 rings (SSSR count). The van der Waals surface area contributed by atoms with Crippen molar-refractivity contribution in [3.63, 3.8) is 0 Å². The van der Waals surface area contributed by atoms with E-state index in [2.05, 4.69) is 15.5 Å². The summed E-state index contributed by atoms with van der Waals surface area (Å²) in [6, 6.07) is 22.3. The molecule has 0 unspecified atom stereocenters. The highest BCUT2D eigenvalue weighted by Crippen LogP contribution is 2.41. The summed E-state index contributed by atoms with van der Waals surface area (Å²) in [6.45, 7) is 7.81. The van der Waals surface area contributed by atoms with Gasteiger partial charge in [-0.15, -0.1) is 0 Å². The van der Waals surface area contributed by atoms with Crippen molar-refractivity contribution in [2.24, 2.45) is 5.92 Å². The quantitative estimate of drug-likeness (QED) is 0.266. The first-order valence-electron chi connectivity index (χ1n) is 16.5. The molecule has 1 saturated heterocycles. The highest BCUT2D eigenvalue weighted by Gasteiger charge is 2.38. The molecule has 1 aliphatic carbocycles. The number of hydrogen-bond donors (Lipinski definition) is 4. The van der Waals surface area contributed by atoms with Crippen molar-refractivity contribution in [3.05, 3.63) is 89.5 Å². The minimum absolute atomic E-state index is 0.119. The van der Waals surface area contributed by atoms with Crippen LogP contribution in [0.25, 0.3) is 0 Å². The SMILES string of the molecule is CC(C)(C)NC(=O)[C@@H]1CN(c2cccc3c2OCO3)CCN1C[C@@H](O)C[C@@H](Cc1ccccc1)C(=O)N[C@H]1c2ccccc2C[C@H]1O. The molecule has 0 saturated carbocycles. The Bertz CT molecular complexity index is 1560. The van der Waals surface area contributed by atoms with Gasteiger partial charge in [-0.05, 0) is 62.4 Å². The number of para-hydroxylation sites is 1. The summed E-state index contributed by atoms with van der Waals surface area (Å²) in [4.78, 5) is 31.7. The van der Waals surface area contributed by atoms with Crippen molar-refractivity contribution >= 4 is 17.5 Å². The number of carbonyl (C=O) groups excluding carboxylic acids is 2. The van der Waals surface area contributed by atoms with E-state index in [4.69, 9.17) is 9.47 Å². The maximum absolute atomic E-state index is 13.9. The monoisotopic (exact) mass is 642 g/mol. The molecule has 0 spiro atoms. The van der Waals surface area contributed by atoms with Gasteiger partial charge in [0.25, 0.3) is 0 Å². The zero-order chi connectivity index (χ0) is 33.1. The van der Waals surface area contributed by atoms with Crippen molar-refractivity contribution in [3.8, 4) is 11.5 Å². The number of amides is 2. The number of nitrogens with zero attached hydrogens (tertiary/aromatic N) is 2. The molecule has 10 heteroatoms. The second-order valence-corrected chi connectivity index (χ2v) is 13.9. The van der Waals surface area contributed by atoms with E-state index in [1.54, 1.807) is 0 Å². The van der Waals surface area contributed by atoms with Gasteiger partial charge in [-0.3, -0.25) is 14.5 Å². The van der Waals surface area contributed by atoms with Crippen molar-refractivity contribution in [2.75, 3.05) is 37.9 Å². The molecule has 5 atom stereocenters. The molecule has 2 amide bonds. The van der Waals surface area contributed by atoms with Crippen LogP contribution in [0.3, 0.4) is 0 Å². The van der Waals surface area contributed by atoms with Crippen LogP contribution in [0, 0.1) is 5.92 Å². The Labute approximate surface area is 276 Å². The number of carbonyl (C=O) groups is 2. The summed E-state index contributed by atoms with van der Waals surface area (Å²) in [5.74, 6) is 0.500. The molecule has 0 aromatic heterocycles. The van der Waals surface area contributed by atoms with Crippen molar-refractivity contribution in [1.29, 1.82) is 0 Å². The van der Waals surface area contributed by atoms with Gasteiger partial charge >= 0.3 is 0 Å². The number of aliphatic hydroxyl groups is 2. The number of anilines is 1. The van der Waals surface area contributed by atoms with Gasteiger partial charge in [0, 0.05) is 44.1 Å². The number of ether oxygens (including phenoxy) is 2. The van der Waals surface area contributed by atoms with E-state index in [9.17, 15) is 19.8 Å². The summed E-state index contributed by atoms with van der Waals surface area (Å²) in [6.07, 6.45) is -0.445. The molecule has 2 heterocycles. The maximum Gasteiger partial charge on any atom is 0.239 e. The lowest BCUT2D eigenvalue weighted by Crippen LogP contribution is -2.62. The fourth-order valence-corrected chi connectivity index (χ4v) is 7.00. The summed E-state index contributed by atoms with van der Waals surface area (Å²) in [5.41, 5.74) is 3.40. The van der Waals surface area contributed by atoms with E-state index in [-0.39, 0.29) is 31.6 Å². The number of benzene rings is 3. The number of β-amino-alcohol motifs (C(OH)–C–C–N with tert-alkyl or cyclic N) is 1. The summed E-state index contributed by atoms with van der Waals surface area (Å²) >= 11 is 0. The van der Waals surface area contributed by atoms with Crippen molar-refractivity contribution in [2.45, 2.75) is 69.9 Å². The minimum Gasteiger partial charge on any atom is -0.454 e. The smallest absolute Gasteiger partial charge is 0.239 e.